The molecule has 188 valence electrons. The summed E-state index contributed by atoms with van der Waals surface area (Å²) < 4.78 is 20.4. The molecule has 1 aliphatic carbocycles. The first kappa shape index (κ1) is 24.6. The topological polar surface area (TPSA) is 55.3 Å². The van der Waals surface area contributed by atoms with Crippen molar-refractivity contribution in [2.24, 2.45) is 0 Å². The van der Waals surface area contributed by atoms with E-state index in [0.29, 0.717) is 29.2 Å². The summed E-state index contributed by atoms with van der Waals surface area (Å²) in [6.45, 7) is 4.31. The molecule has 0 bridgehead atoms. The summed E-state index contributed by atoms with van der Waals surface area (Å²) in [5.74, 6) is 0.794. The third kappa shape index (κ3) is 5.10. The second-order valence-corrected chi connectivity index (χ2v) is 9.72. The van der Waals surface area contributed by atoms with E-state index in [2.05, 4.69) is 17.1 Å². The first-order valence-electron chi connectivity index (χ1n) is 12.6. The number of amides is 1. The van der Waals surface area contributed by atoms with E-state index in [-0.39, 0.29) is 17.9 Å². The Kier molecular flexibility index (Phi) is 6.99. The summed E-state index contributed by atoms with van der Waals surface area (Å²) in [6.07, 6.45) is 3.23. The van der Waals surface area contributed by atoms with E-state index in [4.69, 9.17) is 9.72 Å². The van der Waals surface area contributed by atoms with Crippen molar-refractivity contribution in [3.05, 3.63) is 113 Å². The molecular weight excluding hydrogens is 465 g/mol. The van der Waals surface area contributed by atoms with Gasteiger partial charge in [-0.15, -0.1) is 0 Å². The van der Waals surface area contributed by atoms with E-state index in [1.54, 1.807) is 36.4 Å². The number of nitrogens with zero attached hydrogens (tertiary/aromatic N) is 3. The molecule has 1 heterocycles. The van der Waals surface area contributed by atoms with Gasteiger partial charge >= 0.3 is 0 Å². The fraction of sp³-hybridized carbons (Fsp3) is 0.258. The highest BCUT2D eigenvalue weighted by Gasteiger charge is 2.29. The van der Waals surface area contributed by atoms with Crippen LogP contribution in [0.2, 0.25) is 0 Å². The van der Waals surface area contributed by atoms with Gasteiger partial charge in [0.2, 0.25) is 0 Å². The third-order valence-electron chi connectivity index (χ3n) is 6.95. The van der Waals surface area contributed by atoms with Gasteiger partial charge in [0, 0.05) is 30.3 Å². The molecule has 0 fully saturated rings. The third-order valence-corrected chi connectivity index (χ3v) is 6.95. The number of fused-ring (bicyclic) bond motifs is 1. The fourth-order valence-electron chi connectivity index (χ4n) is 4.96. The van der Waals surface area contributed by atoms with Crippen molar-refractivity contribution >= 4 is 5.91 Å². The van der Waals surface area contributed by atoms with Crippen LogP contribution in [0.3, 0.4) is 0 Å². The molecule has 4 aromatic rings. The van der Waals surface area contributed by atoms with Gasteiger partial charge in [-0.05, 0) is 67.6 Å². The van der Waals surface area contributed by atoms with E-state index in [9.17, 15) is 4.79 Å². The summed E-state index contributed by atoms with van der Waals surface area (Å²) in [6, 6.07) is 22.3. The lowest BCUT2D eigenvalue weighted by molar-refractivity contribution is 0.0690. The van der Waals surface area contributed by atoms with Crippen LogP contribution in [0.5, 0.6) is 5.75 Å². The molecule has 0 radical (unpaired) electrons. The summed E-state index contributed by atoms with van der Waals surface area (Å²) in [4.78, 5) is 25.2. The van der Waals surface area contributed by atoms with Crippen LogP contribution >= 0.6 is 0 Å². The van der Waals surface area contributed by atoms with Crippen molar-refractivity contribution in [1.29, 1.82) is 0 Å². The predicted molar refractivity (Wildman–Crippen MR) is 142 cm³/mol. The van der Waals surface area contributed by atoms with Gasteiger partial charge in [-0.2, -0.15) is 0 Å². The van der Waals surface area contributed by atoms with Crippen LogP contribution in [0.25, 0.3) is 11.3 Å². The highest BCUT2D eigenvalue weighted by molar-refractivity contribution is 5.99. The van der Waals surface area contributed by atoms with Gasteiger partial charge in [0.15, 0.2) is 0 Å². The highest BCUT2D eigenvalue weighted by atomic mass is 19.1. The maximum absolute atomic E-state index is 15.0. The van der Waals surface area contributed by atoms with Crippen molar-refractivity contribution in [3.8, 4) is 17.0 Å². The van der Waals surface area contributed by atoms with Crippen molar-refractivity contribution in [1.82, 2.24) is 14.9 Å². The summed E-state index contributed by atoms with van der Waals surface area (Å²) >= 11 is 0. The second-order valence-electron chi connectivity index (χ2n) is 9.72. The van der Waals surface area contributed by atoms with Crippen LogP contribution in [-0.4, -0.2) is 33.9 Å². The van der Waals surface area contributed by atoms with E-state index < -0.39 is 5.82 Å². The van der Waals surface area contributed by atoms with Crippen molar-refractivity contribution in [2.45, 2.75) is 45.2 Å². The van der Waals surface area contributed by atoms with Gasteiger partial charge in [-0.3, -0.25) is 4.79 Å². The maximum atomic E-state index is 15.0. The van der Waals surface area contributed by atoms with E-state index >= 15 is 4.39 Å². The molecule has 0 saturated carbocycles. The molecule has 0 atom stereocenters. The molecule has 5 rings (SSSR count). The van der Waals surface area contributed by atoms with E-state index in [0.717, 1.165) is 24.2 Å². The lowest BCUT2D eigenvalue weighted by Crippen LogP contribution is -2.37. The molecule has 0 aliphatic heterocycles. The Balaban J connectivity index is 1.53. The predicted octanol–water partition coefficient (Wildman–Crippen LogP) is 6.22. The molecule has 1 amide bonds. The molecule has 6 heteroatoms. The van der Waals surface area contributed by atoms with Crippen LogP contribution in [-0.2, 0) is 19.4 Å². The molecule has 0 saturated heterocycles. The number of hydrogen-bond donors (Lipinski definition) is 0. The molecule has 5 nitrogen and oxygen atoms in total. The zero-order valence-electron chi connectivity index (χ0n) is 21.3. The Morgan fingerprint density at radius 2 is 1.73 bits per heavy atom. The van der Waals surface area contributed by atoms with Gasteiger partial charge in [-0.1, -0.05) is 48.5 Å². The minimum Gasteiger partial charge on any atom is -0.497 e. The smallest absolute Gasteiger partial charge is 0.258 e. The van der Waals surface area contributed by atoms with Gasteiger partial charge in [0.1, 0.15) is 17.4 Å². The minimum atomic E-state index is -0.417. The zero-order valence-corrected chi connectivity index (χ0v) is 21.3. The Labute approximate surface area is 217 Å². The first-order chi connectivity index (χ1) is 17.9. The molecule has 1 aromatic heterocycles. The van der Waals surface area contributed by atoms with Gasteiger partial charge < -0.3 is 9.64 Å². The molecule has 37 heavy (non-hydrogen) atoms. The number of benzene rings is 3. The van der Waals surface area contributed by atoms with E-state index in [1.807, 2.05) is 50.2 Å². The molecule has 0 unspecified atom stereocenters. The van der Waals surface area contributed by atoms with Crippen LogP contribution in [0.1, 0.15) is 52.6 Å². The number of carbonyl (C=O) groups is 1. The number of carbonyl (C=O) groups excluding carboxylic acids is 1. The Morgan fingerprint density at radius 3 is 2.41 bits per heavy atom. The van der Waals surface area contributed by atoms with Crippen LogP contribution in [0.4, 0.5) is 4.39 Å². The van der Waals surface area contributed by atoms with Gasteiger partial charge in [0.25, 0.3) is 5.91 Å². The average Bonchev–Trinajstić information content (AvgIpc) is 3.36. The number of hydrogen-bond acceptors (Lipinski definition) is 4. The maximum Gasteiger partial charge on any atom is 0.258 e. The Bertz CT molecular complexity index is 1410. The van der Waals surface area contributed by atoms with E-state index in [1.165, 1.54) is 17.2 Å². The standard InChI is InChI=1S/C31H30FN3O2/c1-20(2)35(19-21-9-8-12-25(15-21)37-3)31(36)27-18-33-30(24-16-22-10-4-5-11-23(22)17-24)34-29(27)26-13-6-7-14-28(26)32/h4-15,18,20,24H,16-17,19H2,1-3H3. The largest absolute Gasteiger partial charge is 0.497 e. The second kappa shape index (κ2) is 10.5. The molecule has 0 N–H and O–H groups in total. The SMILES string of the molecule is COc1cccc(CN(C(=O)c2cnc(C3Cc4ccccc4C3)nc2-c2ccccc2F)C(C)C)c1. The number of halogens is 1. The van der Waals surface area contributed by atoms with Crippen LogP contribution in [0, 0.1) is 5.82 Å². The van der Waals surface area contributed by atoms with Crippen molar-refractivity contribution < 1.29 is 13.9 Å². The molecular formula is C31H30FN3O2. The highest BCUT2D eigenvalue weighted by Crippen LogP contribution is 2.34. The minimum absolute atomic E-state index is 0.0880. The summed E-state index contributed by atoms with van der Waals surface area (Å²) in [5, 5.41) is 0. The molecule has 3 aromatic carbocycles. The van der Waals surface area contributed by atoms with Gasteiger partial charge in [0.05, 0.1) is 18.4 Å². The van der Waals surface area contributed by atoms with Crippen LogP contribution in [0.15, 0.2) is 79.0 Å². The number of aromatic nitrogens is 2. The summed E-state index contributed by atoms with van der Waals surface area (Å²) in [7, 11) is 1.62. The normalized spacial score (nSPS) is 13.0. The molecule has 0 spiro atoms. The zero-order chi connectivity index (χ0) is 25.9. The average molecular weight is 496 g/mol. The first-order valence-corrected chi connectivity index (χ1v) is 12.6. The lowest BCUT2D eigenvalue weighted by Gasteiger charge is -2.28. The number of methoxy groups -OCH3 is 1. The lowest BCUT2D eigenvalue weighted by atomic mass is 10.0. The Morgan fingerprint density at radius 1 is 1.03 bits per heavy atom. The van der Waals surface area contributed by atoms with Crippen molar-refractivity contribution in [2.75, 3.05) is 7.11 Å². The van der Waals surface area contributed by atoms with Crippen LogP contribution < -0.4 is 4.74 Å². The number of ether oxygens (including phenoxy) is 1. The quantitative estimate of drug-likeness (QED) is 0.305. The molecule has 1 aliphatic rings. The summed E-state index contributed by atoms with van der Waals surface area (Å²) in [5.41, 5.74) is 4.44. The monoisotopic (exact) mass is 495 g/mol. The fourth-order valence-corrected chi connectivity index (χ4v) is 4.96. The van der Waals surface area contributed by atoms with Gasteiger partial charge in [-0.25, -0.2) is 14.4 Å². The Hall–Kier alpha value is -4.06. The van der Waals surface area contributed by atoms with Crippen molar-refractivity contribution in [3.63, 3.8) is 0 Å². The number of rotatable bonds is 7.